The third-order valence-electron chi connectivity index (χ3n) is 9.18. The van der Waals surface area contributed by atoms with Crippen LogP contribution in [0.2, 0.25) is 0 Å². The van der Waals surface area contributed by atoms with Crippen LogP contribution in [-0.2, 0) is 28.5 Å². The minimum Gasteiger partial charge on any atom is -0.472 e. The number of hydrogen-bond acceptors (Lipinski definition) is 8. The highest BCUT2D eigenvalue weighted by Gasteiger charge is 2.86. The summed E-state index contributed by atoms with van der Waals surface area (Å²) in [6, 6.07) is 1.91. The summed E-state index contributed by atoms with van der Waals surface area (Å²) in [4.78, 5) is 12.1. The summed E-state index contributed by atoms with van der Waals surface area (Å²) >= 11 is 0. The number of hydrogen-bond donors (Lipinski definition) is 1. The predicted octanol–water partition coefficient (Wildman–Crippen LogP) is 2.56. The Balaban J connectivity index is 1.52. The zero-order chi connectivity index (χ0) is 21.6. The van der Waals surface area contributed by atoms with Crippen LogP contribution in [-0.4, -0.2) is 55.2 Å². The summed E-state index contributed by atoms with van der Waals surface area (Å²) in [5.74, 6) is -2.40. The van der Waals surface area contributed by atoms with Crippen LogP contribution in [0.3, 0.4) is 0 Å². The van der Waals surface area contributed by atoms with Crippen molar-refractivity contribution in [3.05, 3.63) is 24.2 Å². The summed E-state index contributed by atoms with van der Waals surface area (Å²) in [6.07, 6.45) is 5.25. The zero-order valence-electron chi connectivity index (χ0n) is 18.2. The molecule has 3 aliphatic heterocycles. The number of rotatable bonds is 3. The second-order valence-electron chi connectivity index (χ2n) is 10.1. The standard InChI is InChI=1S/C23H30O8/c1-13-21(9-16(31-19(21)26-3)15-6-8-27-10-15)17-5-4-7-20(11-28-20)22(17)12-29-23(13,25)18(22)30-14(2)24/h6,8,10,13,16-19,25H,4-5,7,9,11-12H2,1-3H3/t13-,16+,17+,18+,19+,20-,21+,22-,23-/m0/s1. The Morgan fingerprint density at radius 2 is 2.10 bits per heavy atom. The molecule has 31 heavy (non-hydrogen) atoms. The van der Waals surface area contributed by atoms with E-state index in [2.05, 4.69) is 0 Å². The van der Waals surface area contributed by atoms with Gasteiger partial charge >= 0.3 is 5.97 Å². The Morgan fingerprint density at radius 3 is 2.74 bits per heavy atom. The van der Waals surface area contributed by atoms with E-state index >= 15 is 0 Å². The van der Waals surface area contributed by atoms with E-state index in [1.165, 1.54) is 6.92 Å². The molecule has 6 rings (SSSR count). The van der Waals surface area contributed by atoms with Gasteiger partial charge in [-0.15, -0.1) is 0 Å². The van der Waals surface area contributed by atoms with Gasteiger partial charge in [0.1, 0.15) is 5.60 Å². The van der Waals surface area contributed by atoms with Gasteiger partial charge < -0.3 is 33.2 Å². The van der Waals surface area contributed by atoms with Gasteiger partial charge in [-0.2, -0.15) is 0 Å². The maximum atomic E-state index is 12.1. The minimum absolute atomic E-state index is 0.0419. The summed E-state index contributed by atoms with van der Waals surface area (Å²) in [6.45, 7) is 4.26. The first-order chi connectivity index (χ1) is 14.8. The van der Waals surface area contributed by atoms with Gasteiger partial charge in [-0.25, -0.2) is 0 Å². The van der Waals surface area contributed by atoms with Crippen LogP contribution < -0.4 is 0 Å². The molecule has 9 atom stereocenters. The molecule has 0 amide bonds. The number of methoxy groups -OCH3 is 1. The molecule has 3 spiro atoms. The number of aliphatic hydroxyl groups is 1. The molecule has 3 saturated heterocycles. The van der Waals surface area contributed by atoms with Crippen LogP contribution in [0, 0.1) is 22.7 Å². The number of carbonyl (C=O) groups excluding carboxylic acids is 1. The van der Waals surface area contributed by atoms with Crippen molar-refractivity contribution in [3.8, 4) is 0 Å². The van der Waals surface area contributed by atoms with Gasteiger partial charge in [0.25, 0.3) is 0 Å². The number of fused-ring (bicyclic) bond motifs is 2. The van der Waals surface area contributed by atoms with Crippen LogP contribution in [0.5, 0.6) is 0 Å². The van der Waals surface area contributed by atoms with E-state index in [-0.39, 0.29) is 17.9 Å². The second-order valence-corrected chi connectivity index (χ2v) is 10.1. The monoisotopic (exact) mass is 434 g/mol. The van der Waals surface area contributed by atoms with Gasteiger partial charge in [-0.3, -0.25) is 4.79 Å². The van der Waals surface area contributed by atoms with Crippen molar-refractivity contribution in [1.82, 2.24) is 0 Å². The SMILES string of the molecule is CO[C@@H]1O[C@@H](c2ccoc2)C[C@]12[C@H](C)[C@]1(O)OC[C@]3([C@@H]2CCC[C@]32CO2)[C@H]1OC(C)=O. The van der Waals surface area contributed by atoms with Crippen molar-refractivity contribution in [2.45, 2.75) is 69.4 Å². The van der Waals surface area contributed by atoms with E-state index in [0.29, 0.717) is 19.6 Å². The van der Waals surface area contributed by atoms with E-state index in [4.69, 9.17) is 28.1 Å². The van der Waals surface area contributed by atoms with Crippen molar-refractivity contribution in [1.29, 1.82) is 0 Å². The van der Waals surface area contributed by atoms with Crippen molar-refractivity contribution in [2.24, 2.45) is 22.7 Å². The molecule has 8 heteroatoms. The Bertz CT molecular complexity index is 880. The van der Waals surface area contributed by atoms with Crippen molar-refractivity contribution < 1.29 is 38.0 Å². The topological polar surface area (TPSA) is 99.9 Å². The number of furan rings is 1. The maximum Gasteiger partial charge on any atom is 0.303 e. The van der Waals surface area contributed by atoms with Crippen LogP contribution in [0.25, 0.3) is 0 Å². The molecule has 1 aromatic rings. The lowest BCUT2D eigenvalue weighted by molar-refractivity contribution is -0.329. The van der Waals surface area contributed by atoms with E-state index in [0.717, 1.165) is 24.8 Å². The molecule has 2 saturated carbocycles. The first-order valence-electron chi connectivity index (χ1n) is 11.2. The number of ether oxygens (including phenoxy) is 5. The van der Waals surface area contributed by atoms with Crippen LogP contribution >= 0.6 is 0 Å². The first kappa shape index (κ1) is 20.2. The molecule has 1 aromatic heterocycles. The van der Waals surface area contributed by atoms with Gasteiger partial charge in [0.05, 0.1) is 37.3 Å². The largest absolute Gasteiger partial charge is 0.472 e. The predicted molar refractivity (Wildman–Crippen MR) is 104 cm³/mol. The molecule has 170 valence electrons. The molecule has 0 unspecified atom stereocenters. The normalized spacial score (nSPS) is 52.5. The molecular formula is C23H30O8. The molecule has 8 nitrogen and oxygen atoms in total. The lowest BCUT2D eigenvalue weighted by Crippen LogP contribution is -2.73. The third-order valence-corrected chi connectivity index (χ3v) is 9.18. The summed E-state index contributed by atoms with van der Waals surface area (Å²) in [7, 11) is 1.65. The Kier molecular flexibility index (Phi) is 4.11. The molecule has 4 heterocycles. The van der Waals surface area contributed by atoms with Crippen molar-refractivity contribution >= 4 is 5.97 Å². The fourth-order valence-electron chi connectivity index (χ4n) is 7.81. The van der Waals surface area contributed by atoms with E-state index in [1.54, 1.807) is 19.6 Å². The molecule has 2 bridgehead atoms. The van der Waals surface area contributed by atoms with Crippen LogP contribution in [0.4, 0.5) is 0 Å². The van der Waals surface area contributed by atoms with Crippen LogP contribution in [0.1, 0.15) is 51.2 Å². The Labute approximate surface area is 181 Å². The third kappa shape index (κ3) is 2.25. The van der Waals surface area contributed by atoms with Gasteiger partial charge in [-0.1, -0.05) is 13.3 Å². The van der Waals surface area contributed by atoms with Crippen molar-refractivity contribution in [3.63, 3.8) is 0 Å². The first-order valence-corrected chi connectivity index (χ1v) is 11.2. The number of epoxide rings is 1. The molecule has 0 radical (unpaired) electrons. The highest BCUT2D eigenvalue weighted by Crippen LogP contribution is 2.76. The zero-order valence-corrected chi connectivity index (χ0v) is 18.2. The average molecular weight is 434 g/mol. The Hall–Kier alpha value is -1.45. The highest BCUT2D eigenvalue weighted by molar-refractivity contribution is 5.66. The molecular weight excluding hydrogens is 404 g/mol. The fourth-order valence-corrected chi connectivity index (χ4v) is 7.81. The lowest BCUT2D eigenvalue weighted by atomic mass is 9.42. The average Bonchev–Trinajstić information content (AvgIpc) is 3.12. The van der Waals surface area contributed by atoms with Gasteiger partial charge in [0.15, 0.2) is 12.4 Å². The lowest BCUT2D eigenvalue weighted by Gasteiger charge is -2.62. The quantitative estimate of drug-likeness (QED) is 0.572. The minimum atomic E-state index is -1.64. The summed E-state index contributed by atoms with van der Waals surface area (Å²) in [5, 5.41) is 12.0. The fraction of sp³-hybridized carbons (Fsp3) is 0.783. The maximum absolute atomic E-state index is 12.1. The molecule has 5 fully saturated rings. The van der Waals surface area contributed by atoms with Gasteiger partial charge in [-0.05, 0) is 31.2 Å². The van der Waals surface area contributed by atoms with Gasteiger partial charge in [0.2, 0.25) is 5.79 Å². The Morgan fingerprint density at radius 1 is 1.29 bits per heavy atom. The summed E-state index contributed by atoms with van der Waals surface area (Å²) < 4.78 is 35.9. The molecule has 2 aliphatic carbocycles. The molecule has 0 aromatic carbocycles. The molecule has 5 aliphatic rings. The highest BCUT2D eigenvalue weighted by atomic mass is 16.7. The van der Waals surface area contributed by atoms with E-state index in [9.17, 15) is 9.90 Å². The smallest absolute Gasteiger partial charge is 0.303 e. The van der Waals surface area contributed by atoms with E-state index in [1.807, 2.05) is 13.0 Å². The number of esters is 1. The number of carbonyl (C=O) groups is 1. The van der Waals surface area contributed by atoms with E-state index < -0.39 is 40.6 Å². The van der Waals surface area contributed by atoms with Crippen LogP contribution in [0.15, 0.2) is 23.0 Å². The molecule has 1 N–H and O–H groups in total. The summed E-state index contributed by atoms with van der Waals surface area (Å²) in [5.41, 5.74) is -0.656. The van der Waals surface area contributed by atoms with Crippen molar-refractivity contribution in [2.75, 3.05) is 20.3 Å². The van der Waals surface area contributed by atoms with Gasteiger partial charge in [0, 0.05) is 30.9 Å². The second kappa shape index (κ2) is 6.32.